The molecule has 2 aliphatic rings. The first-order valence-corrected chi connectivity index (χ1v) is 10.5. The molecule has 2 aromatic rings. The lowest BCUT2D eigenvalue weighted by Crippen LogP contribution is -2.39. The van der Waals surface area contributed by atoms with Crippen LogP contribution in [0, 0.1) is 25.2 Å². The number of aromatic nitrogens is 1. The summed E-state index contributed by atoms with van der Waals surface area (Å²) in [5.74, 6) is 1.14. The Balaban J connectivity index is 1.90. The molecule has 0 fully saturated rings. The Kier molecular flexibility index (Phi) is 5.48. The number of likely N-dealkylation sites (N-methyl/N-ethyl adjacent to an activating group) is 1. The molecule has 1 aromatic carbocycles. The molecule has 0 saturated heterocycles. The molecule has 1 aromatic heterocycles. The lowest BCUT2D eigenvalue weighted by atomic mass is 10.0. The van der Waals surface area contributed by atoms with Gasteiger partial charge in [0.1, 0.15) is 29.8 Å². The number of nitriles is 1. The third-order valence-corrected chi connectivity index (χ3v) is 5.88. The van der Waals surface area contributed by atoms with E-state index < -0.39 is 6.17 Å². The summed E-state index contributed by atoms with van der Waals surface area (Å²) >= 11 is 0. The van der Waals surface area contributed by atoms with Gasteiger partial charge in [0.05, 0.1) is 18.5 Å². The van der Waals surface area contributed by atoms with Crippen LogP contribution in [0.15, 0.2) is 22.8 Å². The molecule has 168 valence electrons. The number of nitrogen functional groups attached to an aromatic ring is 1. The SMILES string of the molecule is COc1ccc(C)c(-n2c(N)c(C#N)c3c2C2N=C(OCCN(C)C)NN2C(C)=C3)c1C. The van der Waals surface area contributed by atoms with Gasteiger partial charge in [-0.1, -0.05) is 6.07 Å². The second-order valence-corrected chi connectivity index (χ2v) is 8.29. The zero-order valence-electron chi connectivity index (χ0n) is 19.4. The van der Waals surface area contributed by atoms with Crippen molar-refractivity contribution in [2.75, 3.05) is 40.1 Å². The number of aryl methyl sites for hydroxylation is 1. The lowest BCUT2D eigenvalue weighted by Gasteiger charge is -2.31. The second-order valence-electron chi connectivity index (χ2n) is 8.29. The molecule has 9 nitrogen and oxygen atoms in total. The van der Waals surface area contributed by atoms with Gasteiger partial charge in [0, 0.05) is 23.4 Å². The summed E-state index contributed by atoms with van der Waals surface area (Å²) in [6.07, 6.45) is 1.55. The predicted octanol–water partition coefficient (Wildman–Crippen LogP) is 2.68. The van der Waals surface area contributed by atoms with E-state index in [4.69, 9.17) is 20.2 Å². The van der Waals surface area contributed by atoms with Crippen LogP contribution < -0.4 is 15.9 Å². The molecule has 1 atom stereocenters. The number of nitrogens with two attached hydrogens (primary N) is 1. The van der Waals surface area contributed by atoms with Crippen LogP contribution in [0.5, 0.6) is 5.75 Å². The number of nitrogens with zero attached hydrogens (tertiary/aromatic N) is 5. The zero-order valence-corrected chi connectivity index (χ0v) is 19.4. The molecule has 0 aliphatic carbocycles. The summed E-state index contributed by atoms with van der Waals surface area (Å²) in [5, 5.41) is 11.9. The number of hydrazine groups is 1. The van der Waals surface area contributed by atoms with Crippen molar-refractivity contribution >= 4 is 17.9 Å². The first kappa shape index (κ1) is 21.6. The number of methoxy groups -OCH3 is 1. The van der Waals surface area contributed by atoms with E-state index >= 15 is 0 Å². The fourth-order valence-corrected chi connectivity index (χ4v) is 4.27. The van der Waals surface area contributed by atoms with Crippen LogP contribution in [0.1, 0.15) is 41.0 Å². The van der Waals surface area contributed by atoms with E-state index in [9.17, 15) is 5.26 Å². The Labute approximate surface area is 188 Å². The van der Waals surface area contributed by atoms with Crippen LogP contribution >= 0.6 is 0 Å². The Bertz CT molecular complexity index is 1170. The summed E-state index contributed by atoms with van der Waals surface area (Å²) in [7, 11) is 5.63. The number of nitrogens with one attached hydrogen (secondary N) is 1. The predicted molar refractivity (Wildman–Crippen MR) is 124 cm³/mol. The quantitative estimate of drug-likeness (QED) is 0.744. The van der Waals surface area contributed by atoms with Crippen LogP contribution in [0.25, 0.3) is 11.8 Å². The maximum Gasteiger partial charge on any atom is 0.306 e. The number of hydrogen-bond acceptors (Lipinski definition) is 8. The Morgan fingerprint density at radius 1 is 1.28 bits per heavy atom. The van der Waals surface area contributed by atoms with E-state index in [1.54, 1.807) is 7.11 Å². The number of anilines is 1. The Hall–Kier alpha value is -3.64. The number of rotatable bonds is 5. The lowest BCUT2D eigenvalue weighted by molar-refractivity contribution is 0.209. The third kappa shape index (κ3) is 3.33. The Morgan fingerprint density at radius 2 is 2.03 bits per heavy atom. The molecule has 1 unspecified atom stereocenters. The maximum absolute atomic E-state index is 9.93. The monoisotopic (exact) mass is 435 g/mol. The highest BCUT2D eigenvalue weighted by Crippen LogP contribution is 2.44. The highest BCUT2D eigenvalue weighted by atomic mass is 16.5. The van der Waals surface area contributed by atoms with Crippen molar-refractivity contribution in [3.63, 3.8) is 0 Å². The molecule has 2 aliphatic heterocycles. The van der Waals surface area contributed by atoms with Gasteiger partial charge in [0.2, 0.25) is 0 Å². The largest absolute Gasteiger partial charge is 0.496 e. The van der Waals surface area contributed by atoms with Crippen molar-refractivity contribution in [1.82, 2.24) is 19.9 Å². The van der Waals surface area contributed by atoms with E-state index in [0.717, 1.165) is 46.1 Å². The van der Waals surface area contributed by atoms with Crippen LogP contribution in [0.4, 0.5) is 5.82 Å². The molecule has 0 amide bonds. The fourth-order valence-electron chi connectivity index (χ4n) is 4.27. The number of allylic oxidation sites excluding steroid dienone is 1. The van der Waals surface area contributed by atoms with Gasteiger partial charge < -0.3 is 20.1 Å². The molecule has 0 spiro atoms. The standard InChI is InChI=1S/C23H29N7O2/c1-13-7-8-18(31-6)15(3)19(13)29-20-16(17(12-24)21(29)25)11-14(2)30-22(20)26-23(27-30)32-10-9-28(4)5/h7-8,11,22H,9-10,25H2,1-6H3,(H,26,27). The number of fused-ring (bicyclic) bond motifs is 3. The first-order chi connectivity index (χ1) is 15.3. The van der Waals surface area contributed by atoms with Crippen molar-refractivity contribution < 1.29 is 9.47 Å². The molecule has 32 heavy (non-hydrogen) atoms. The van der Waals surface area contributed by atoms with Crippen molar-refractivity contribution in [2.24, 2.45) is 4.99 Å². The van der Waals surface area contributed by atoms with Crippen molar-refractivity contribution in [3.8, 4) is 17.5 Å². The molecular weight excluding hydrogens is 406 g/mol. The van der Waals surface area contributed by atoms with Gasteiger partial charge in [-0.15, -0.1) is 0 Å². The number of benzene rings is 1. The van der Waals surface area contributed by atoms with Crippen LogP contribution in [-0.2, 0) is 4.74 Å². The van der Waals surface area contributed by atoms with Gasteiger partial charge >= 0.3 is 6.02 Å². The van der Waals surface area contributed by atoms with Gasteiger partial charge in [-0.05, 0) is 52.6 Å². The van der Waals surface area contributed by atoms with Crippen molar-refractivity contribution in [3.05, 3.63) is 45.8 Å². The van der Waals surface area contributed by atoms with Crippen molar-refractivity contribution in [1.29, 1.82) is 5.26 Å². The van der Waals surface area contributed by atoms with Crippen LogP contribution in [0.2, 0.25) is 0 Å². The smallest absolute Gasteiger partial charge is 0.306 e. The minimum Gasteiger partial charge on any atom is -0.496 e. The highest BCUT2D eigenvalue weighted by Gasteiger charge is 2.39. The van der Waals surface area contributed by atoms with E-state index in [2.05, 4.69) is 11.5 Å². The highest BCUT2D eigenvalue weighted by molar-refractivity contribution is 5.80. The average molecular weight is 436 g/mol. The molecule has 3 N–H and O–H groups in total. The summed E-state index contributed by atoms with van der Waals surface area (Å²) in [6.45, 7) is 7.27. The number of ether oxygens (including phenoxy) is 2. The van der Waals surface area contributed by atoms with Gasteiger partial charge in [0.15, 0.2) is 6.17 Å². The molecular formula is C23H29N7O2. The molecule has 0 saturated carbocycles. The zero-order chi connectivity index (χ0) is 23.2. The first-order valence-electron chi connectivity index (χ1n) is 10.5. The number of aliphatic imine (C=N–C) groups is 1. The molecule has 4 rings (SSSR count). The maximum atomic E-state index is 9.93. The molecule has 0 radical (unpaired) electrons. The number of amidine groups is 1. The number of hydrogen-bond donors (Lipinski definition) is 2. The van der Waals surface area contributed by atoms with Crippen LogP contribution in [0.3, 0.4) is 0 Å². The summed E-state index contributed by atoms with van der Waals surface area (Å²) in [6, 6.07) is 6.67. The average Bonchev–Trinajstić information content (AvgIpc) is 3.27. The van der Waals surface area contributed by atoms with Gasteiger partial charge in [-0.3, -0.25) is 9.58 Å². The topological polar surface area (TPSA) is 104 Å². The minimum absolute atomic E-state index is 0.389. The van der Waals surface area contributed by atoms with Gasteiger partial charge in [-0.25, -0.2) is 10.4 Å². The minimum atomic E-state index is -0.418. The summed E-state index contributed by atoms with van der Waals surface area (Å²) < 4.78 is 13.4. The van der Waals surface area contributed by atoms with Gasteiger partial charge in [-0.2, -0.15) is 5.26 Å². The molecule has 9 heteroatoms. The van der Waals surface area contributed by atoms with Crippen molar-refractivity contribution in [2.45, 2.75) is 26.9 Å². The van der Waals surface area contributed by atoms with E-state index in [1.807, 2.05) is 67.6 Å². The van der Waals surface area contributed by atoms with E-state index in [-0.39, 0.29) is 0 Å². The van der Waals surface area contributed by atoms with E-state index in [0.29, 0.717) is 24.0 Å². The summed E-state index contributed by atoms with van der Waals surface area (Å²) in [5.41, 5.74) is 15.6. The Morgan fingerprint density at radius 3 is 2.69 bits per heavy atom. The van der Waals surface area contributed by atoms with Crippen LogP contribution in [-0.4, -0.2) is 54.9 Å². The van der Waals surface area contributed by atoms with Gasteiger partial charge in [0.25, 0.3) is 0 Å². The summed E-state index contributed by atoms with van der Waals surface area (Å²) in [4.78, 5) is 6.86. The second kappa shape index (κ2) is 8.13. The molecule has 3 heterocycles. The van der Waals surface area contributed by atoms with E-state index in [1.165, 1.54) is 0 Å². The third-order valence-electron chi connectivity index (χ3n) is 5.88. The molecule has 0 bridgehead atoms. The normalized spacial score (nSPS) is 16.7. The fraction of sp³-hybridized carbons (Fsp3) is 0.391.